The van der Waals surface area contributed by atoms with E-state index in [2.05, 4.69) is 79.6 Å². The van der Waals surface area contributed by atoms with E-state index in [-0.39, 0.29) is 6.04 Å². The van der Waals surface area contributed by atoms with E-state index in [4.69, 9.17) is 4.74 Å². The van der Waals surface area contributed by atoms with Crippen molar-refractivity contribution in [3.05, 3.63) is 62.5 Å². The Morgan fingerprint density at radius 2 is 1.81 bits per heavy atom. The molecule has 0 spiro atoms. The number of hydrogen-bond donors (Lipinski definition) is 1. The molecule has 1 atom stereocenters. The molecule has 1 aliphatic rings. The Balaban J connectivity index is 1.84. The van der Waals surface area contributed by atoms with Gasteiger partial charge in [-0.15, -0.1) is 0 Å². The predicted octanol–water partition coefficient (Wildman–Crippen LogP) is 5.06. The first-order chi connectivity index (χ1) is 10.2. The maximum Gasteiger partial charge on any atom is 0.119 e. The largest absolute Gasteiger partial charge is 0.490 e. The summed E-state index contributed by atoms with van der Waals surface area (Å²) in [4.78, 5) is 0. The van der Waals surface area contributed by atoms with Crippen LogP contribution >= 0.6 is 31.9 Å². The number of nitrogens with one attached hydrogen (secondary N) is 1. The lowest BCUT2D eigenvalue weighted by atomic mass is 9.99. The zero-order valence-corrected chi connectivity index (χ0v) is 14.9. The Labute approximate surface area is 142 Å². The average Bonchev–Trinajstić information content (AvgIpc) is 3.27. The van der Waals surface area contributed by atoms with Crippen molar-refractivity contribution in [3.63, 3.8) is 0 Å². The molecule has 110 valence electrons. The minimum Gasteiger partial charge on any atom is -0.490 e. The summed E-state index contributed by atoms with van der Waals surface area (Å²) in [6, 6.07) is 14.8. The lowest BCUT2D eigenvalue weighted by Crippen LogP contribution is -2.18. The standard InChI is InChI=1S/C17H17Br2NO/c1-20-17(15-9-4-12(18)10-16(15)19)11-2-5-13(6-3-11)21-14-7-8-14/h2-6,9-10,14,17,20H,7-8H2,1H3. The lowest BCUT2D eigenvalue weighted by Gasteiger charge is -2.19. The van der Waals surface area contributed by atoms with Crippen LogP contribution in [-0.2, 0) is 0 Å². The second-order valence-electron chi connectivity index (χ2n) is 5.27. The van der Waals surface area contributed by atoms with E-state index >= 15 is 0 Å². The second-order valence-corrected chi connectivity index (χ2v) is 7.04. The fourth-order valence-corrected chi connectivity index (χ4v) is 3.63. The van der Waals surface area contributed by atoms with Crippen molar-refractivity contribution in [1.82, 2.24) is 5.32 Å². The van der Waals surface area contributed by atoms with Gasteiger partial charge in [-0.3, -0.25) is 0 Å². The number of rotatable bonds is 5. The summed E-state index contributed by atoms with van der Waals surface area (Å²) in [6.07, 6.45) is 2.82. The third kappa shape index (κ3) is 3.68. The number of ether oxygens (including phenoxy) is 1. The predicted molar refractivity (Wildman–Crippen MR) is 92.8 cm³/mol. The molecular weight excluding hydrogens is 394 g/mol. The summed E-state index contributed by atoms with van der Waals surface area (Å²) in [5, 5.41) is 3.38. The number of halogens is 2. The molecule has 4 heteroatoms. The fraction of sp³-hybridized carbons (Fsp3) is 0.294. The Hall–Kier alpha value is -0.840. The minimum absolute atomic E-state index is 0.155. The summed E-state index contributed by atoms with van der Waals surface area (Å²) in [7, 11) is 1.98. The SMILES string of the molecule is CNC(c1ccc(OC2CC2)cc1)c1ccc(Br)cc1Br. The zero-order chi connectivity index (χ0) is 14.8. The molecule has 1 aliphatic carbocycles. The van der Waals surface area contributed by atoms with Gasteiger partial charge < -0.3 is 10.1 Å². The van der Waals surface area contributed by atoms with Crippen LogP contribution in [0.15, 0.2) is 51.4 Å². The van der Waals surface area contributed by atoms with Crippen LogP contribution in [0.1, 0.15) is 30.0 Å². The molecule has 0 saturated heterocycles. The molecular formula is C17H17Br2NO. The van der Waals surface area contributed by atoms with E-state index in [1.165, 1.54) is 24.0 Å². The van der Waals surface area contributed by atoms with E-state index in [0.717, 1.165) is 14.7 Å². The van der Waals surface area contributed by atoms with E-state index in [9.17, 15) is 0 Å². The maximum atomic E-state index is 5.80. The molecule has 1 saturated carbocycles. The molecule has 21 heavy (non-hydrogen) atoms. The van der Waals surface area contributed by atoms with Crippen molar-refractivity contribution >= 4 is 31.9 Å². The van der Waals surface area contributed by atoms with Crippen LogP contribution in [0.2, 0.25) is 0 Å². The van der Waals surface area contributed by atoms with E-state index in [1.807, 2.05) is 7.05 Å². The van der Waals surface area contributed by atoms with Crippen LogP contribution in [0.4, 0.5) is 0 Å². The first-order valence-electron chi connectivity index (χ1n) is 7.06. The first kappa shape index (κ1) is 15.1. The van der Waals surface area contributed by atoms with Gasteiger partial charge in [-0.05, 0) is 55.3 Å². The van der Waals surface area contributed by atoms with Crippen LogP contribution in [0.25, 0.3) is 0 Å². The molecule has 0 amide bonds. The van der Waals surface area contributed by atoms with Crippen molar-refractivity contribution in [1.29, 1.82) is 0 Å². The van der Waals surface area contributed by atoms with Crippen LogP contribution < -0.4 is 10.1 Å². The molecule has 2 nitrogen and oxygen atoms in total. The topological polar surface area (TPSA) is 21.3 Å². The van der Waals surface area contributed by atoms with Gasteiger partial charge in [-0.25, -0.2) is 0 Å². The van der Waals surface area contributed by atoms with Crippen LogP contribution in [0.3, 0.4) is 0 Å². The molecule has 1 unspecified atom stereocenters. The molecule has 0 aromatic heterocycles. The molecule has 1 N–H and O–H groups in total. The lowest BCUT2D eigenvalue weighted by molar-refractivity contribution is 0.303. The Bertz CT molecular complexity index is 623. The third-order valence-corrected chi connectivity index (χ3v) is 4.78. The highest BCUT2D eigenvalue weighted by Gasteiger charge is 2.23. The summed E-state index contributed by atoms with van der Waals surface area (Å²) in [5.74, 6) is 0.964. The van der Waals surface area contributed by atoms with Gasteiger partial charge in [0.05, 0.1) is 12.1 Å². The van der Waals surface area contributed by atoms with Gasteiger partial charge in [-0.1, -0.05) is 50.1 Å². The van der Waals surface area contributed by atoms with Gasteiger partial charge in [0.15, 0.2) is 0 Å². The molecule has 0 heterocycles. The van der Waals surface area contributed by atoms with Gasteiger partial charge in [0.25, 0.3) is 0 Å². The molecule has 1 fully saturated rings. The molecule has 2 aromatic rings. The van der Waals surface area contributed by atoms with Crippen molar-refractivity contribution in [2.24, 2.45) is 0 Å². The third-order valence-electron chi connectivity index (χ3n) is 3.60. The van der Waals surface area contributed by atoms with Crippen LogP contribution in [0, 0.1) is 0 Å². The Morgan fingerprint density at radius 1 is 1.10 bits per heavy atom. The highest BCUT2D eigenvalue weighted by atomic mass is 79.9. The zero-order valence-electron chi connectivity index (χ0n) is 11.8. The number of benzene rings is 2. The maximum absolute atomic E-state index is 5.80. The van der Waals surface area contributed by atoms with E-state index in [1.54, 1.807) is 0 Å². The summed E-state index contributed by atoms with van der Waals surface area (Å²) < 4.78 is 7.97. The first-order valence-corrected chi connectivity index (χ1v) is 8.65. The van der Waals surface area contributed by atoms with Gasteiger partial charge in [0.1, 0.15) is 5.75 Å². The van der Waals surface area contributed by atoms with Crippen molar-refractivity contribution in [2.75, 3.05) is 7.05 Å². The van der Waals surface area contributed by atoms with Crippen molar-refractivity contribution < 1.29 is 4.74 Å². The summed E-state index contributed by atoms with van der Waals surface area (Å²) in [6.45, 7) is 0. The van der Waals surface area contributed by atoms with Gasteiger partial charge in [0, 0.05) is 8.95 Å². The van der Waals surface area contributed by atoms with Gasteiger partial charge in [0.2, 0.25) is 0 Å². The van der Waals surface area contributed by atoms with Crippen LogP contribution in [0.5, 0.6) is 5.75 Å². The Kier molecular flexibility index (Phi) is 4.67. The summed E-state index contributed by atoms with van der Waals surface area (Å²) >= 11 is 7.14. The van der Waals surface area contributed by atoms with E-state index in [0.29, 0.717) is 6.10 Å². The smallest absolute Gasteiger partial charge is 0.119 e. The monoisotopic (exact) mass is 409 g/mol. The quantitative estimate of drug-likeness (QED) is 0.743. The van der Waals surface area contributed by atoms with Gasteiger partial charge in [-0.2, -0.15) is 0 Å². The average molecular weight is 411 g/mol. The number of hydrogen-bond acceptors (Lipinski definition) is 2. The van der Waals surface area contributed by atoms with Crippen molar-refractivity contribution in [3.8, 4) is 5.75 Å². The highest BCUT2D eigenvalue weighted by Crippen LogP contribution is 2.32. The fourth-order valence-electron chi connectivity index (χ4n) is 2.35. The molecule has 0 bridgehead atoms. The van der Waals surface area contributed by atoms with Crippen molar-refractivity contribution in [2.45, 2.75) is 25.0 Å². The second kappa shape index (κ2) is 6.51. The summed E-state index contributed by atoms with van der Waals surface area (Å²) in [5.41, 5.74) is 2.44. The molecule has 3 rings (SSSR count). The highest BCUT2D eigenvalue weighted by molar-refractivity contribution is 9.11. The van der Waals surface area contributed by atoms with Gasteiger partial charge >= 0.3 is 0 Å². The molecule has 0 aliphatic heterocycles. The Morgan fingerprint density at radius 3 is 2.38 bits per heavy atom. The van der Waals surface area contributed by atoms with Crippen LogP contribution in [-0.4, -0.2) is 13.2 Å². The van der Waals surface area contributed by atoms with E-state index < -0.39 is 0 Å². The molecule has 0 radical (unpaired) electrons. The minimum atomic E-state index is 0.155. The normalized spacial score (nSPS) is 15.8. The molecule has 2 aromatic carbocycles.